The first-order valence-electron chi connectivity index (χ1n) is 10.5. The molecule has 2 rings (SSSR count). The third kappa shape index (κ3) is 7.84. The zero-order chi connectivity index (χ0) is 20.9. The Bertz CT molecular complexity index is 751. The monoisotopic (exact) mass is 395 g/mol. The fourth-order valence-electron chi connectivity index (χ4n) is 3.24. The topological polar surface area (TPSA) is 61.5 Å². The summed E-state index contributed by atoms with van der Waals surface area (Å²) >= 11 is 0. The van der Waals surface area contributed by atoms with E-state index in [9.17, 15) is 4.79 Å². The van der Waals surface area contributed by atoms with Crippen LogP contribution in [0.1, 0.15) is 53.7 Å². The molecule has 0 heterocycles. The molecule has 0 bridgehead atoms. The van der Waals surface area contributed by atoms with Crippen molar-refractivity contribution in [1.82, 2.24) is 0 Å². The molecule has 0 aromatic heterocycles. The van der Waals surface area contributed by atoms with Gasteiger partial charge < -0.3 is 15.2 Å². The molecule has 0 saturated heterocycles. The number of nitrogens with two attached hydrogens (primary N) is 1. The lowest BCUT2D eigenvalue weighted by Gasteiger charge is -2.13. The molecule has 2 aromatic rings. The van der Waals surface area contributed by atoms with Crippen LogP contribution in [0.5, 0.6) is 0 Å². The Balaban J connectivity index is 2.18. The van der Waals surface area contributed by atoms with Crippen molar-refractivity contribution in [3.8, 4) is 0 Å². The van der Waals surface area contributed by atoms with Crippen LogP contribution in [-0.2, 0) is 22.3 Å². The SMILES string of the molecule is CCOCCCc1cccc(CCCOCC)c1C=CC(=O)c1ccc(N)cc1. The number of nitrogen functional groups attached to an aromatic ring is 1. The molecular weight excluding hydrogens is 362 g/mol. The van der Waals surface area contributed by atoms with Crippen molar-refractivity contribution in [2.75, 3.05) is 32.2 Å². The van der Waals surface area contributed by atoms with E-state index >= 15 is 0 Å². The maximum absolute atomic E-state index is 12.6. The minimum absolute atomic E-state index is 0.0191. The highest BCUT2D eigenvalue weighted by atomic mass is 16.5. The zero-order valence-electron chi connectivity index (χ0n) is 17.7. The van der Waals surface area contributed by atoms with Crippen molar-refractivity contribution in [2.45, 2.75) is 39.5 Å². The number of hydrogen-bond donors (Lipinski definition) is 1. The highest BCUT2D eigenvalue weighted by Crippen LogP contribution is 2.21. The molecule has 0 atom stereocenters. The van der Waals surface area contributed by atoms with E-state index in [1.807, 2.05) is 19.9 Å². The van der Waals surface area contributed by atoms with Gasteiger partial charge in [-0.2, -0.15) is 0 Å². The minimum Gasteiger partial charge on any atom is -0.399 e. The number of ketones is 1. The molecule has 0 aliphatic rings. The summed E-state index contributed by atoms with van der Waals surface area (Å²) < 4.78 is 11.0. The first kappa shape index (κ1) is 22.9. The van der Waals surface area contributed by atoms with E-state index in [-0.39, 0.29) is 5.78 Å². The van der Waals surface area contributed by atoms with Gasteiger partial charge in [-0.05, 0) is 86.6 Å². The van der Waals surface area contributed by atoms with Gasteiger partial charge in [-0.3, -0.25) is 4.79 Å². The first-order valence-corrected chi connectivity index (χ1v) is 10.5. The van der Waals surface area contributed by atoms with Crippen LogP contribution in [0.4, 0.5) is 5.69 Å². The van der Waals surface area contributed by atoms with Gasteiger partial charge in [-0.1, -0.05) is 24.3 Å². The van der Waals surface area contributed by atoms with Gasteiger partial charge in [0.1, 0.15) is 0 Å². The van der Waals surface area contributed by atoms with Crippen LogP contribution in [-0.4, -0.2) is 32.2 Å². The summed E-state index contributed by atoms with van der Waals surface area (Å²) in [5.41, 5.74) is 10.7. The molecule has 156 valence electrons. The number of anilines is 1. The average Bonchev–Trinajstić information content (AvgIpc) is 2.74. The third-order valence-corrected chi connectivity index (χ3v) is 4.76. The second-order valence-electron chi connectivity index (χ2n) is 6.91. The Morgan fingerprint density at radius 1 is 0.897 bits per heavy atom. The summed E-state index contributed by atoms with van der Waals surface area (Å²) in [7, 11) is 0. The van der Waals surface area contributed by atoms with Gasteiger partial charge in [0.05, 0.1) is 0 Å². The number of carbonyl (C=O) groups excluding carboxylic acids is 1. The fourth-order valence-corrected chi connectivity index (χ4v) is 3.24. The van der Waals surface area contributed by atoms with Crippen molar-refractivity contribution >= 4 is 17.5 Å². The van der Waals surface area contributed by atoms with E-state index in [1.165, 1.54) is 11.1 Å². The lowest BCUT2D eigenvalue weighted by molar-refractivity contribution is 0.104. The molecule has 0 aliphatic heterocycles. The Labute approximate surface area is 174 Å². The van der Waals surface area contributed by atoms with Crippen molar-refractivity contribution in [1.29, 1.82) is 0 Å². The standard InChI is InChI=1S/C25H33NO3/c1-3-28-18-6-10-20-8-5-9-21(11-7-19-29-4-2)24(20)16-17-25(27)22-12-14-23(26)15-13-22/h5,8-9,12-17H,3-4,6-7,10-11,18-19,26H2,1-2H3. The van der Waals surface area contributed by atoms with Crippen LogP contribution in [0.3, 0.4) is 0 Å². The second kappa shape index (κ2) is 12.9. The highest BCUT2D eigenvalue weighted by molar-refractivity contribution is 6.07. The van der Waals surface area contributed by atoms with Gasteiger partial charge in [-0.25, -0.2) is 0 Å². The number of carbonyl (C=O) groups is 1. The smallest absolute Gasteiger partial charge is 0.185 e. The second-order valence-corrected chi connectivity index (χ2v) is 6.91. The highest BCUT2D eigenvalue weighted by Gasteiger charge is 2.08. The number of benzene rings is 2. The molecule has 0 spiro atoms. The van der Waals surface area contributed by atoms with Gasteiger partial charge >= 0.3 is 0 Å². The molecular formula is C25H33NO3. The van der Waals surface area contributed by atoms with Gasteiger partial charge in [0.25, 0.3) is 0 Å². The van der Waals surface area contributed by atoms with E-state index in [1.54, 1.807) is 30.3 Å². The third-order valence-electron chi connectivity index (χ3n) is 4.76. The predicted molar refractivity (Wildman–Crippen MR) is 120 cm³/mol. The normalized spacial score (nSPS) is 11.2. The number of aryl methyl sites for hydroxylation is 2. The van der Waals surface area contributed by atoms with Crippen LogP contribution in [0.2, 0.25) is 0 Å². The molecule has 2 N–H and O–H groups in total. The number of ether oxygens (including phenoxy) is 2. The van der Waals surface area contributed by atoms with E-state index < -0.39 is 0 Å². The molecule has 0 amide bonds. The summed E-state index contributed by atoms with van der Waals surface area (Å²) in [5, 5.41) is 0. The van der Waals surface area contributed by atoms with E-state index in [0.29, 0.717) is 11.3 Å². The average molecular weight is 396 g/mol. The van der Waals surface area contributed by atoms with Crippen molar-refractivity contribution in [3.63, 3.8) is 0 Å². The molecule has 0 saturated carbocycles. The van der Waals surface area contributed by atoms with Gasteiger partial charge in [0.15, 0.2) is 5.78 Å². The molecule has 0 fully saturated rings. The van der Waals surface area contributed by atoms with Crippen LogP contribution < -0.4 is 5.73 Å². The molecule has 2 aromatic carbocycles. The predicted octanol–water partition coefficient (Wildman–Crippen LogP) is 5.10. The maximum atomic E-state index is 12.6. The van der Waals surface area contributed by atoms with Crippen LogP contribution in [0.15, 0.2) is 48.5 Å². The van der Waals surface area contributed by atoms with Crippen molar-refractivity contribution in [3.05, 3.63) is 70.8 Å². The Morgan fingerprint density at radius 2 is 1.45 bits per heavy atom. The lowest BCUT2D eigenvalue weighted by Crippen LogP contribution is -2.02. The van der Waals surface area contributed by atoms with Crippen molar-refractivity contribution < 1.29 is 14.3 Å². The zero-order valence-corrected chi connectivity index (χ0v) is 17.7. The van der Waals surface area contributed by atoms with E-state index in [0.717, 1.165) is 57.7 Å². The number of hydrogen-bond acceptors (Lipinski definition) is 4. The van der Waals surface area contributed by atoms with E-state index in [4.69, 9.17) is 15.2 Å². The van der Waals surface area contributed by atoms with Crippen LogP contribution in [0, 0.1) is 0 Å². The van der Waals surface area contributed by atoms with Gasteiger partial charge in [0.2, 0.25) is 0 Å². The fraction of sp³-hybridized carbons (Fsp3) is 0.400. The summed E-state index contributed by atoms with van der Waals surface area (Å²) in [5.74, 6) is -0.0191. The molecule has 0 radical (unpaired) electrons. The molecule has 29 heavy (non-hydrogen) atoms. The molecule has 4 heteroatoms. The Hall–Kier alpha value is -2.43. The quantitative estimate of drug-likeness (QED) is 0.222. The Morgan fingerprint density at radius 3 is 1.97 bits per heavy atom. The van der Waals surface area contributed by atoms with E-state index in [2.05, 4.69) is 18.2 Å². The number of rotatable bonds is 13. The summed E-state index contributed by atoms with van der Waals surface area (Å²) in [6.45, 7) is 6.99. The van der Waals surface area contributed by atoms with Gasteiger partial charge in [-0.15, -0.1) is 0 Å². The first-order chi connectivity index (χ1) is 14.2. The maximum Gasteiger partial charge on any atom is 0.185 e. The molecule has 0 unspecified atom stereocenters. The van der Waals surface area contributed by atoms with Crippen LogP contribution >= 0.6 is 0 Å². The summed E-state index contributed by atoms with van der Waals surface area (Å²) in [4.78, 5) is 12.6. The van der Waals surface area contributed by atoms with Crippen LogP contribution in [0.25, 0.3) is 6.08 Å². The summed E-state index contributed by atoms with van der Waals surface area (Å²) in [6, 6.07) is 13.4. The van der Waals surface area contributed by atoms with Crippen molar-refractivity contribution in [2.24, 2.45) is 0 Å². The molecule has 4 nitrogen and oxygen atoms in total. The largest absolute Gasteiger partial charge is 0.399 e. The summed E-state index contributed by atoms with van der Waals surface area (Å²) in [6.07, 6.45) is 7.40. The number of allylic oxidation sites excluding steroid dienone is 1. The lowest BCUT2D eigenvalue weighted by atomic mass is 9.94. The molecule has 0 aliphatic carbocycles. The minimum atomic E-state index is -0.0191. The van der Waals surface area contributed by atoms with Gasteiger partial charge in [0, 0.05) is 37.7 Å². The Kier molecular flexibility index (Phi) is 10.2.